The average molecular weight is 279 g/mol. The summed E-state index contributed by atoms with van der Waals surface area (Å²) in [4.78, 5) is 8.41. The first-order valence-corrected chi connectivity index (χ1v) is 7.48. The van der Waals surface area contributed by atoms with Gasteiger partial charge in [-0.15, -0.1) is 0 Å². The molecule has 1 aromatic rings. The van der Waals surface area contributed by atoms with Gasteiger partial charge >= 0.3 is 0 Å². The Balaban J connectivity index is 2.05. The van der Waals surface area contributed by atoms with E-state index in [-0.39, 0.29) is 18.6 Å². The van der Waals surface area contributed by atoms with Gasteiger partial charge in [0.05, 0.1) is 0 Å². The first-order valence-electron chi connectivity index (χ1n) is 7.48. The predicted octanol–water partition coefficient (Wildman–Crippen LogP) is 1.84. The molecule has 2 unspecified atom stereocenters. The van der Waals surface area contributed by atoms with E-state index in [1.165, 1.54) is 12.8 Å². The molecule has 2 rings (SSSR count). The van der Waals surface area contributed by atoms with Gasteiger partial charge in [0.25, 0.3) is 0 Å². The van der Waals surface area contributed by atoms with Crippen molar-refractivity contribution in [3.05, 3.63) is 6.07 Å². The third-order valence-electron chi connectivity index (χ3n) is 3.78. The molecule has 0 spiro atoms. The Hall–Kier alpha value is -1.56. The zero-order valence-corrected chi connectivity index (χ0v) is 12.1. The van der Waals surface area contributed by atoms with Crippen LogP contribution in [0.1, 0.15) is 39.0 Å². The third kappa shape index (κ3) is 3.96. The van der Waals surface area contributed by atoms with E-state index in [4.69, 9.17) is 5.73 Å². The summed E-state index contributed by atoms with van der Waals surface area (Å²) in [5, 5.41) is 16.1. The van der Waals surface area contributed by atoms with Gasteiger partial charge in [-0.05, 0) is 19.3 Å². The largest absolute Gasteiger partial charge is 0.396 e. The molecule has 1 heterocycles. The number of aliphatic hydroxyl groups is 1. The molecule has 0 amide bonds. The summed E-state index contributed by atoms with van der Waals surface area (Å²) in [5.74, 6) is 2.05. The predicted molar refractivity (Wildman–Crippen MR) is 81.7 cm³/mol. The van der Waals surface area contributed by atoms with Gasteiger partial charge in [0.2, 0.25) is 5.95 Å². The molecule has 6 heteroatoms. The highest BCUT2D eigenvalue weighted by atomic mass is 16.3. The van der Waals surface area contributed by atoms with Crippen LogP contribution in [0.15, 0.2) is 6.07 Å². The maximum atomic E-state index is 9.45. The lowest BCUT2D eigenvalue weighted by Gasteiger charge is -2.31. The first-order chi connectivity index (χ1) is 9.72. The Morgan fingerprint density at radius 1 is 1.30 bits per heavy atom. The summed E-state index contributed by atoms with van der Waals surface area (Å²) in [6.07, 6.45) is 5.54. The molecule has 0 radical (unpaired) electrons. The molecular weight excluding hydrogens is 254 g/mol. The average Bonchev–Trinajstić information content (AvgIpc) is 2.45. The van der Waals surface area contributed by atoms with Crippen LogP contribution in [0.2, 0.25) is 0 Å². The topological polar surface area (TPSA) is 96.1 Å². The Labute approximate surface area is 120 Å². The fourth-order valence-electron chi connectivity index (χ4n) is 2.69. The molecule has 2 atom stereocenters. The summed E-state index contributed by atoms with van der Waals surface area (Å²) < 4.78 is 0. The summed E-state index contributed by atoms with van der Waals surface area (Å²) in [6.45, 7) is 3.18. The third-order valence-corrected chi connectivity index (χ3v) is 3.78. The van der Waals surface area contributed by atoms with Gasteiger partial charge < -0.3 is 21.5 Å². The van der Waals surface area contributed by atoms with Crippen molar-refractivity contribution < 1.29 is 5.11 Å². The fourth-order valence-corrected chi connectivity index (χ4v) is 2.69. The van der Waals surface area contributed by atoms with Gasteiger partial charge in [0, 0.05) is 31.2 Å². The number of nitrogens with one attached hydrogen (secondary N) is 2. The number of aromatic nitrogens is 2. The second-order valence-corrected chi connectivity index (χ2v) is 5.40. The quantitative estimate of drug-likeness (QED) is 0.634. The summed E-state index contributed by atoms with van der Waals surface area (Å²) in [5.41, 5.74) is 5.75. The number of hydrogen-bond acceptors (Lipinski definition) is 6. The number of nitrogens with zero attached hydrogens (tertiary/aromatic N) is 2. The number of nitrogen functional groups attached to an aromatic ring is 1. The number of anilines is 3. The smallest absolute Gasteiger partial charge is 0.223 e. The molecule has 0 bridgehead atoms. The second-order valence-electron chi connectivity index (χ2n) is 5.40. The Kier molecular flexibility index (Phi) is 5.40. The second kappa shape index (κ2) is 7.28. The molecule has 6 nitrogen and oxygen atoms in total. The van der Waals surface area contributed by atoms with Gasteiger partial charge in [0.1, 0.15) is 11.6 Å². The van der Waals surface area contributed by atoms with E-state index < -0.39 is 0 Å². The maximum Gasteiger partial charge on any atom is 0.223 e. The molecular formula is C14H25N5O. The lowest BCUT2D eigenvalue weighted by molar-refractivity contribution is 0.178. The van der Waals surface area contributed by atoms with Crippen LogP contribution >= 0.6 is 0 Å². The zero-order chi connectivity index (χ0) is 14.4. The van der Waals surface area contributed by atoms with Crippen LogP contribution in [-0.4, -0.2) is 34.3 Å². The Morgan fingerprint density at radius 2 is 2.05 bits per heavy atom. The summed E-state index contributed by atoms with van der Waals surface area (Å²) >= 11 is 0. The maximum absolute atomic E-state index is 9.45. The number of aliphatic hydroxyl groups excluding tert-OH is 1. The summed E-state index contributed by atoms with van der Waals surface area (Å²) in [7, 11) is 0. The number of rotatable bonds is 6. The summed E-state index contributed by atoms with van der Waals surface area (Å²) in [6, 6.07) is 2.15. The minimum atomic E-state index is 0.221. The van der Waals surface area contributed by atoms with Crippen LogP contribution in [0.3, 0.4) is 0 Å². The van der Waals surface area contributed by atoms with Gasteiger partial charge in [0.15, 0.2) is 0 Å². The van der Waals surface area contributed by atoms with E-state index >= 15 is 0 Å². The highest BCUT2D eigenvalue weighted by molar-refractivity contribution is 5.51. The van der Waals surface area contributed by atoms with Gasteiger partial charge in [-0.25, -0.2) is 0 Å². The monoisotopic (exact) mass is 279 g/mol. The van der Waals surface area contributed by atoms with Crippen LogP contribution in [-0.2, 0) is 0 Å². The van der Waals surface area contributed by atoms with Crippen molar-refractivity contribution >= 4 is 17.6 Å². The van der Waals surface area contributed by atoms with Crippen LogP contribution < -0.4 is 16.4 Å². The minimum Gasteiger partial charge on any atom is -0.396 e. The standard InChI is InChI=1S/C14H25N5O/c1-2-7-16-12-8-13(19-14(15)18-12)17-11-6-4-3-5-10(11)9-20/h8,10-11,20H,2-7,9H2,1H3,(H4,15,16,17,18,19). The van der Waals surface area contributed by atoms with Crippen molar-refractivity contribution in [1.29, 1.82) is 0 Å². The van der Waals surface area contributed by atoms with E-state index in [0.717, 1.165) is 37.4 Å². The number of nitrogens with two attached hydrogens (primary N) is 1. The molecule has 1 aliphatic carbocycles. The minimum absolute atomic E-state index is 0.221. The molecule has 1 aromatic heterocycles. The van der Waals surface area contributed by atoms with Crippen molar-refractivity contribution in [3.8, 4) is 0 Å². The molecule has 112 valence electrons. The van der Waals surface area contributed by atoms with Gasteiger partial charge in [-0.2, -0.15) is 9.97 Å². The van der Waals surface area contributed by atoms with Crippen molar-refractivity contribution in [1.82, 2.24) is 9.97 Å². The van der Waals surface area contributed by atoms with E-state index in [9.17, 15) is 5.11 Å². The molecule has 20 heavy (non-hydrogen) atoms. The molecule has 1 fully saturated rings. The highest BCUT2D eigenvalue weighted by Crippen LogP contribution is 2.27. The lowest BCUT2D eigenvalue weighted by atomic mass is 9.85. The highest BCUT2D eigenvalue weighted by Gasteiger charge is 2.24. The Morgan fingerprint density at radius 3 is 2.80 bits per heavy atom. The van der Waals surface area contributed by atoms with Crippen LogP contribution in [0.4, 0.5) is 17.6 Å². The molecule has 0 aromatic carbocycles. The first kappa shape index (κ1) is 14.8. The molecule has 1 aliphatic rings. The van der Waals surface area contributed by atoms with E-state index in [1.807, 2.05) is 6.07 Å². The number of hydrogen-bond donors (Lipinski definition) is 4. The lowest BCUT2D eigenvalue weighted by Crippen LogP contribution is -2.34. The Bertz CT molecular complexity index is 426. The van der Waals surface area contributed by atoms with Crippen LogP contribution in [0.5, 0.6) is 0 Å². The molecule has 0 saturated heterocycles. The van der Waals surface area contributed by atoms with Crippen molar-refractivity contribution in [2.45, 2.75) is 45.1 Å². The van der Waals surface area contributed by atoms with Crippen molar-refractivity contribution in [2.24, 2.45) is 5.92 Å². The fraction of sp³-hybridized carbons (Fsp3) is 0.714. The van der Waals surface area contributed by atoms with E-state index in [0.29, 0.717) is 5.92 Å². The van der Waals surface area contributed by atoms with Gasteiger partial charge in [-0.1, -0.05) is 19.8 Å². The van der Waals surface area contributed by atoms with Crippen molar-refractivity contribution in [2.75, 3.05) is 29.5 Å². The molecule has 1 saturated carbocycles. The van der Waals surface area contributed by atoms with E-state index in [1.54, 1.807) is 0 Å². The van der Waals surface area contributed by atoms with Crippen LogP contribution in [0, 0.1) is 5.92 Å². The van der Waals surface area contributed by atoms with Crippen LogP contribution in [0.25, 0.3) is 0 Å². The van der Waals surface area contributed by atoms with E-state index in [2.05, 4.69) is 27.5 Å². The normalized spacial score (nSPS) is 22.5. The van der Waals surface area contributed by atoms with Crippen molar-refractivity contribution in [3.63, 3.8) is 0 Å². The molecule has 0 aliphatic heterocycles. The zero-order valence-electron chi connectivity index (χ0n) is 12.1. The SMILES string of the molecule is CCCNc1cc(NC2CCCCC2CO)nc(N)n1. The molecule has 5 N–H and O–H groups in total. The van der Waals surface area contributed by atoms with Gasteiger partial charge in [-0.3, -0.25) is 0 Å².